The van der Waals surface area contributed by atoms with Crippen LogP contribution < -0.4 is 5.32 Å². The largest absolute Gasteiger partial charge is 0.384 e. The molecule has 0 fully saturated rings. The quantitative estimate of drug-likeness (QED) is 0.519. The van der Waals surface area contributed by atoms with E-state index in [-0.39, 0.29) is 0 Å². The molecule has 0 atom stereocenters. The van der Waals surface area contributed by atoms with E-state index in [4.69, 9.17) is 0 Å². The highest BCUT2D eigenvalue weighted by Crippen LogP contribution is 2.03. The molecule has 0 aromatic heterocycles. The predicted octanol–water partition coefficient (Wildman–Crippen LogP) is 2.98. The lowest BCUT2D eigenvalue weighted by atomic mass is 10.2. The van der Waals surface area contributed by atoms with Gasteiger partial charge in [0.2, 0.25) is 0 Å². The average Bonchev–Trinajstić information content (AvgIpc) is 2.10. The molecule has 0 saturated heterocycles. The third-order valence-electron chi connectivity index (χ3n) is 1.54. The number of nitrogens with one attached hydrogen (secondary N) is 1. The van der Waals surface area contributed by atoms with Crippen molar-refractivity contribution in [2.45, 2.75) is 13.8 Å². The van der Waals surface area contributed by atoms with Crippen LogP contribution in [0.2, 0.25) is 0 Å². The van der Waals surface area contributed by atoms with Crippen molar-refractivity contribution in [1.82, 2.24) is 5.32 Å². The Bertz CT molecular complexity index is 204. The van der Waals surface area contributed by atoms with Crippen LogP contribution in [-0.2, 0) is 0 Å². The summed E-state index contributed by atoms with van der Waals surface area (Å²) in [5.74, 6) is 1.13. The lowest BCUT2D eigenvalue weighted by Gasteiger charge is -2.08. The van der Waals surface area contributed by atoms with Crippen LogP contribution in [0, 0.1) is 0 Å². The van der Waals surface area contributed by atoms with E-state index in [9.17, 15) is 0 Å². The van der Waals surface area contributed by atoms with Crippen LogP contribution in [0.5, 0.6) is 0 Å². The first-order valence-corrected chi connectivity index (χ1v) is 5.83. The van der Waals surface area contributed by atoms with Gasteiger partial charge in [-0.1, -0.05) is 18.7 Å². The summed E-state index contributed by atoms with van der Waals surface area (Å²) in [5, 5.41) is 3.34. The van der Waals surface area contributed by atoms with Gasteiger partial charge in [0.05, 0.1) is 0 Å². The second kappa shape index (κ2) is 7.99. The molecule has 13 heavy (non-hydrogen) atoms. The molecule has 0 amide bonds. The van der Waals surface area contributed by atoms with E-state index in [1.165, 1.54) is 0 Å². The Kier molecular flexibility index (Phi) is 7.60. The predicted molar refractivity (Wildman–Crippen MR) is 64.1 cm³/mol. The maximum atomic E-state index is 3.92. The summed E-state index contributed by atoms with van der Waals surface area (Å²) in [4.78, 5) is 0. The smallest absolute Gasteiger partial charge is 0.0364 e. The van der Waals surface area contributed by atoms with Crippen molar-refractivity contribution in [1.29, 1.82) is 0 Å². The van der Waals surface area contributed by atoms with E-state index in [1.54, 1.807) is 0 Å². The standard InChI is InChI=1S/C11H19NS/c1-5-6-7-11(10(2)3)12-8-9-13-4/h5-7,12H,2,8-9H2,1,3-4H3/b6-5-,11-7+. The maximum absolute atomic E-state index is 3.92. The topological polar surface area (TPSA) is 12.0 Å². The average molecular weight is 197 g/mol. The molecule has 0 unspecified atom stereocenters. The molecule has 0 rings (SSSR count). The lowest BCUT2D eigenvalue weighted by Crippen LogP contribution is -2.16. The van der Waals surface area contributed by atoms with Crippen LogP contribution >= 0.6 is 11.8 Å². The third kappa shape index (κ3) is 6.52. The summed E-state index contributed by atoms with van der Waals surface area (Å²) in [6.07, 6.45) is 8.20. The summed E-state index contributed by atoms with van der Waals surface area (Å²) in [7, 11) is 0. The van der Waals surface area contributed by atoms with E-state index in [2.05, 4.69) is 24.2 Å². The van der Waals surface area contributed by atoms with Crippen molar-refractivity contribution in [2.24, 2.45) is 0 Å². The second-order valence-corrected chi connectivity index (χ2v) is 3.79. The third-order valence-corrected chi connectivity index (χ3v) is 2.15. The molecule has 74 valence electrons. The molecule has 0 spiro atoms. The first-order valence-electron chi connectivity index (χ1n) is 4.44. The van der Waals surface area contributed by atoms with Crippen molar-refractivity contribution >= 4 is 11.8 Å². The normalized spacial score (nSPS) is 12.1. The number of thioether (sulfide) groups is 1. The highest BCUT2D eigenvalue weighted by atomic mass is 32.2. The zero-order valence-electron chi connectivity index (χ0n) is 8.76. The molecule has 1 nitrogen and oxygen atoms in total. The number of hydrogen-bond acceptors (Lipinski definition) is 2. The fourth-order valence-corrected chi connectivity index (χ4v) is 1.14. The molecular formula is C11H19NS. The zero-order chi connectivity index (χ0) is 10.1. The molecule has 0 saturated carbocycles. The van der Waals surface area contributed by atoms with Gasteiger partial charge in [0, 0.05) is 18.0 Å². The van der Waals surface area contributed by atoms with Crippen molar-refractivity contribution in [3.8, 4) is 0 Å². The fourth-order valence-electron chi connectivity index (χ4n) is 0.832. The van der Waals surface area contributed by atoms with Gasteiger partial charge in [-0.2, -0.15) is 11.8 Å². The molecule has 0 aliphatic carbocycles. The van der Waals surface area contributed by atoms with Gasteiger partial charge in [0.1, 0.15) is 0 Å². The van der Waals surface area contributed by atoms with Gasteiger partial charge in [-0.25, -0.2) is 0 Å². The van der Waals surface area contributed by atoms with Crippen LogP contribution in [0.15, 0.2) is 36.1 Å². The van der Waals surface area contributed by atoms with Gasteiger partial charge in [-0.05, 0) is 31.8 Å². The molecular weight excluding hydrogens is 178 g/mol. The van der Waals surface area contributed by atoms with Gasteiger partial charge in [-0.15, -0.1) is 0 Å². The molecule has 0 bridgehead atoms. The first kappa shape index (κ1) is 12.4. The van der Waals surface area contributed by atoms with Crippen LogP contribution in [0.1, 0.15) is 13.8 Å². The fraction of sp³-hybridized carbons (Fsp3) is 0.455. The lowest BCUT2D eigenvalue weighted by molar-refractivity contribution is 0.872. The zero-order valence-corrected chi connectivity index (χ0v) is 9.58. The maximum Gasteiger partial charge on any atom is 0.0364 e. The van der Waals surface area contributed by atoms with Gasteiger partial charge in [0.25, 0.3) is 0 Å². The van der Waals surface area contributed by atoms with E-state index < -0.39 is 0 Å². The van der Waals surface area contributed by atoms with Crippen molar-refractivity contribution in [3.05, 3.63) is 36.1 Å². The second-order valence-electron chi connectivity index (χ2n) is 2.81. The molecule has 0 radical (unpaired) electrons. The van der Waals surface area contributed by atoms with Crippen LogP contribution in [0.3, 0.4) is 0 Å². The highest BCUT2D eigenvalue weighted by Gasteiger charge is 1.94. The number of hydrogen-bond donors (Lipinski definition) is 1. The Balaban J connectivity index is 4.03. The van der Waals surface area contributed by atoms with Gasteiger partial charge in [0.15, 0.2) is 0 Å². The minimum absolute atomic E-state index is 0.997. The molecule has 2 heteroatoms. The summed E-state index contributed by atoms with van der Waals surface area (Å²) < 4.78 is 0. The van der Waals surface area contributed by atoms with Gasteiger partial charge >= 0.3 is 0 Å². The molecule has 1 N–H and O–H groups in total. The minimum atomic E-state index is 0.997. The van der Waals surface area contributed by atoms with Gasteiger partial charge in [-0.3, -0.25) is 0 Å². The Labute approximate surface area is 86.0 Å². The number of allylic oxidation sites excluding steroid dienone is 4. The molecule has 0 aromatic rings. The van der Waals surface area contributed by atoms with Crippen molar-refractivity contribution in [2.75, 3.05) is 18.6 Å². The van der Waals surface area contributed by atoms with Crippen molar-refractivity contribution < 1.29 is 0 Å². The summed E-state index contributed by atoms with van der Waals surface area (Å²) >= 11 is 1.84. The SMILES string of the molecule is C=C(C)/C(=C\C=C/C)NCCSC. The van der Waals surface area contributed by atoms with Crippen LogP contribution in [0.25, 0.3) is 0 Å². The van der Waals surface area contributed by atoms with Crippen molar-refractivity contribution in [3.63, 3.8) is 0 Å². The molecule has 0 aromatic carbocycles. The van der Waals surface area contributed by atoms with E-state index >= 15 is 0 Å². The highest BCUT2D eigenvalue weighted by molar-refractivity contribution is 7.98. The van der Waals surface area contributed by atoms with E-state index in [0.717, 1.165) is 23.6 Å². The Morgan fingerprint density at radius 2 is 2.23 bits per heavy atom. The van der Waals surface area contributed by atoms with Crippen LogP contribution in [0.4, 0.5) is 0 Å². The summed E-state index contributed by atoms with van der Waals surface area (Å²) in [6, 6.07) is 0. The Morgan fingerprint density at radius 1 is 1.54 bits per heavy atom. The molecule has 0 heterocycles. The Morgan fingerprint density at radius 3 is 2.69 bits per heavy atom. The van der Waals surface area contributed by atoms with E-state index in [1.807, 2.05) is 37.8 Å². The first-order chi connectivity index (χ1) is 6.22. The molecule has 0 aliphatic rings. The minimum Gasteiger partial charge on any atom is -0.384 e. The molecule has 0 aliphatic heterocycles. The summed E-state index contributed by atoms with van der Waals surface area (Å²) in [6.45, 7) is 8.94. The summed E-state index contributed by atoms with van der Waals surface area (Å²) in [5.41, 5.74) is 2.21. The van der Waals surface area contributed by atoms with Gasteiger partial charge < -0.3 is 5.32 Å². The van der Waals surface area contributed by atoms with Crippen LogP contribution in [-0.4, -0.2) is 18.6 Å². The monoisotopic (exact) mass is 197 g/mol. The Hall–Kier alpha value is -0.630. The number of rotatable bonds is 6. The van der Waals surface area contributed by atoms with E-state index in [0.29, 0.717) is 0 Å².